The van der Waals surface area contributed by atoms with Crippen molar-refractivity contribution in [2.24, 2.45) is 4.99 Å². The number of pyridine rings is 3. The summed E-state index contributed by atoms with van der Waals surface area (Å²) in [7, 11) is 0. The standard InChI is InChI=1S/C58H37N7S/c1-4-15-39(16-5-1)53-52-51(38-27-25-37(26-28-38)44-35-49(47-23-12-13-33-59-47)61-50(36-44)48-24-14-34-60-48)54(66-55(52)45-21-10-11-22-46(45)62-53)40-29-31-43(32-30-40)58-64-56(41-17-6-2-7-18-41)63-57(65-58)42-19-8-3-9-20-42/h1-36,48H. The Balaban J connectivity index is 1.02. The van der Waals surface area contributed by atoms with Crippen LogP contribution in [-0.2, 0) is 0 Å². The minimum absolute atomic E-state index is 0.140. The first-order chi connectivity index (χ1) is 32.7. The number of para-hydroxylation sites is 1. The van der Waals surface area contributed by atoms with Crippen LogP contribution in [0.3, 0.4) is 0 Å². The minimum atomic E-state index is -0.140. The maximum atomic E-state index is 5.39. The Hall–Kier alpha value is -8.59. The number of benzene rings is 6. The Morgan fingerprint density at radius 1 is 0.424 bits per heavy atom. The smallest absolute Gasteiger partial charge is 0.164 e. The van der Waals surface area contributed by atoms with Gasteiger partial charge < -0.3 is 0 Å². The van der Waals surface area contributed by atoms with Gasteiger partial charge in [-0.15, -0.1) is 11.3 Å². The molecule has 6 heterocycles. The van der Waals surface area contributed by atoms with E-state index in [1.807, 2.05) is 102 Å². The average Bonchev–Trinajstić information content (AvgIpc) is 4.10. The van der Waals surface area contributed by atoms with E-state index in [4.69, 9.17) is 24.9 Å². The zero-order valence-electron chi connectivity index (χ0n) is 35.4. The minimum Gasteiger partial charge on any atom is -0.279 e. The number of aliphatic imine (C=N–C) groups is 1. The van der Waals surface area contributed by atoms with E-state index >= 15 is 0 Å². The Labute approximate surface area is 385 Å². The largest absolute Gasteiger partial charge is 0.279 e. The zero-order chi connectivity index (χ0) is 43.8. The SMILES string of the molecule is C1=CC(c2cc(-c3ccc(-c4c(-c5ccc(-c6nc(-c7ccccc7)nc(-c7ccccc7)n6)cc5)sc5c4c(-c4ccccc4)nc4ccccc45)cc3)cc(-c3ccccn3)n2)N=C1. The van der Waals surface area contributed by atoms with Crippen molar-refractivity contribution in [3.8, 4) is 89.5 Å². The van der Waals surface area contributed by atoms with Crippen molar-refractivity contribution in [3.05, 3.63) is 218 Å². The van der Waals surface area contributed by atoms with Crippen LogP contribution in [0.5, 0.6) is 0 Å². The summed E-state index contributed by atoms with van der Waals surface area (Å²) < 4.78 is 1.19. The predicted molar refractivity (Wildman–Crippen MR) is 270 cm³/mol. The van der Waals surface area contributed by atoms with Crippen molar-refractivity contribution in [1.82, 2.24) is 29.9 Å². The van der Waals surface area contributed by atoms with Crippen molar-refractivity contribution >= 4 is 38.5 Å². The lowest BCUT2D eigenvalue weighted by molar-refractivity contribution is 0.883. The normalized spacial score (nSPS) is 13.2. The summed E-state index contributed by atoms with van der Waals surface area (Å²) in [6.07, 6.45) is 7.69. The van der Waals surface area contributed by atoms with E-state index < -0.39 is 0 Å². The molecule has 6 aromatic carbocycles. The van der Waals surface area contributed by atoms with Gasteiger partial charge in [-0.1, -0.05) is 170 Å². The molecule has 310 valence electrons. The van der Waals surface area contributed by atoms with Gasteiger partial charge in [-0.3, -0.25) is 9.98 Å². The van der Waals surface area contributed by atoms with Gasteiger partial charge in [0, 0.05) is 60.6 Å². The molecule has 11 aromatic rings. The second-order valence-corrected chi connectivity index (χ2v) is 17.1. The Morgan fingerprint density at radius 2 is 1.00 bits per heavy atom. The van der Waals surface area contributed by atoms with Gasteiger partial charge in [0.1, 0.15) is 6.04 Å². The molecular weight excluding hydrogens is 827 g/mol. The molecule has 8 heteroatoms. The highest BCUT2D eigenvalue weighted by Gasteiger charge is 2.24. The van der Waals surface area contributed by atoms with Gasteiger partial charge in [0.25, 0.3) is 0 Å². The molecule has 0 radical (unpaired) electrons. The van der Waals surface area contributed by atoms with Gasteiger partial charge >= 0.3 is 0 Å². The summed E-state index contributed by atoms with van der Waals surface area (Å²) in [6.45, 7) is 0. The second-order valence-electron chi connectivity index (χ2n) is 16.1. The molecule has 5 aromatic heterocycles. The molecular formula is C58H37N7S. The average molecular weight is 864 g/mol. The van der Waals surface area contributed by atoms with Gasteiger partial charge in [-0.2, -0.15) is 0 Å². The van der Waals surface area contributed by atoms with Crippen LogP contribution < -0.4 is 0 Å². The summed E-state index contributed by atoms with van der Waals surface area (Å²) in [4.78, 5) is 35.8. The van der Waals surface area contributed by atoms with Crippen molar-refractivity contribution in [1.29, 1.82) is 0 Å². The second kappa shape index (κ2) is 16.8. The fourth-order valence-corrected chi connectivity index (χ4v) is 10.0. The van der Waals surface area contributed by atoms with Gasteiger partial charge in [0.05, 0.1) is 28.3 Å². The van der Waals surface area contributed by atoms with Crippen LogP contribution in [0.4, 0.5) is 0 Å². The summed E-state index contributed by atoms with van der Waals surface area (Å²) in [5.74, 6) is 1.88. The van der Waals surface area contributed by atoms with Crippen LogP contribution in [0.15, 0.2) is 217 Å². The molecule has 12 rings (SSSR count). The molecule has 66 heavy (non-hydrogen) atoms. The van der Waals surface area contributed by atoms with Crippen molar-refractivity contribution in [3.63, 3.8) is 0 Å². The molecule has 0 amide bonds. The number of nitrogens with zero attached hydrogens (tertiary/aromatic N) is 7. The molecule has 1 aliphatic heterocycles. The van der Waals surface area contributed by atoms with Gasteiger partial charge in [0.2, 0.25) is 0 Å². The maximum absolute atomic E-state index is 5.39. The summed E-state index contributed by atoms with van der Waals surface area (Å²) in [6, 6.07) is 66.8. The fraction of sp³-hybridized carbons (Fsp3) is 0.0172. The zero-order valence-corrected chi connectivity index (χ0v) is 36.2. The third-order valence-electron chi connectivity index (χ3n) is 11.9. The van der Waals surface area contributed by atoms with E-state index in [9.17, 15) is 0 Å². The fourth-order valence-electron chi connectivity index (χ4n) is 8.65. The highest BCUT2D eigenvalue weighted by Crippen LogP contribution is 2.50. The maximum Gasteiger partial charge on any atom is 0.164 e. The van der Waals surface area contributed by atoms with E-state index in [2.05, 4.69) is 131 Å². The summed E-state index contributed by atoms with van der Waals surface area (Å²) in [5, 5.41) is 2.25. The van der Waals surface area contributed by atoms with Crippen LogP contribution >= 0.6 is 11.3 Å². The Bertz CT molecular complexity index is 3540. The van der Waals surface area contributed by atoms with Crippen LogP contribution in [0, 0.1) is 0 Å². The van der Waals surface area contributed by atoms with E-state index in [0.29, 0.717) is 17.5 Å². The Kier molecular flexibility index (Phi) is 9.96. The Morgan fingerprint density at radius 3 is 1.64 bits per heavy atom. The summed E-state index contributed by atoms with van der Waals surface area (Å²) >= 11 is 1.81. The first-order valence-corrected chi connectivity index (χ1v) is 22.6. The van der Waals surface area contributed by atoms with E-state index in [1.54, 1.807) is 6.20 Å². The number of hydrogen-bond acceptors (Lipinski definition) is 8. The van der Waals surface area contributed by atoms with E-state index in [1.165, 1.54) is 4.70 Å². The third-order valence-corrected chi connectivity index (χ3v) is 13.2. The van der Waals surface area contributed by atoms with Crippen LogP contribution in [0.1, 0.15) is 11.7 Å². The molecule has 1 atom stereocenters. The molecule has 0 saturated heterocycles. The highest BCUT2D eigenvalue weighted by atomic mass is 32.1. The van der Waals surface area contributed by atoms with Crippen molar-refractivity contribution in [2.75, 3.05) is 0 Å². The number of rotatable bonds is 9. The van der Waals surface area contributed by atoms with Crippen LogP contribution in [0.25, 0.3) is 110 Å². The first kappa shape index (κ1) is 39.0. The molecule has 0 bridgehead atoms. The summed E-state index contributed by atoms with van der Waals surface area (Å²) in [5.41, 5.74) is 13.7. The predicted octanol–water partition coefficient (Wildman–Crippen LogP) is 14.4. The van der Waals surface area contributed by atoms with Gasteiger partial charge in [0.15, 0.2) is 17.5 Å². The van der Waals surface area contributed by atoms with Gasteiger partial charge in [-0.05, 0) is 58.7 Å². The molecule has 1 aliphatic rings. The molecule has 0 fully saturated rings. The molecule has 0 saturated carbocycles. The molecule has 0 N–H and O–H groups in total. The lowest BCUT2D eigenvalue weighted by Crippen LogP contribution is -2.00. The molecule has 1 unspecified atom stereocenters. The van der Waals surface area contributed by atoms with Crippen LogP contribution in [0.2, 0.25) is 0 Å². The first-order valence-electron chi connectivity index (χ1n) is 21.8. The van der Waals surface area contributed by atoms with Crippen LogP contribution in [-0.4, -0.2) is 36.1 Å². The number of fused-ring (bicyclic) bond motifs is 3. The number of allylic oxidation sites excluding steroid dienone is 1. The third kappa shape index (κ3) is 7.35. The number of aromatic nitrogens is 6. The molecule has 7 nitrogen and oxygen atoms in total. The molecule has 0 aliphatic carbocycles. The topological polar surface area (TPSA) is 89.7 Å². The van der Waals surface area contributed by atoms with Crippen molar-refractivity contribution < 1.29 is 0 Å². The monoisotopic (exact) mass is 863 g/mol. The highest BCUT2D eigenvalue weighted by molar-refractivity contribution is 7.24. The van der Waals surface area contributed by atoms with E-state index in [0.717, 1.165) is 94.0 Å². The molecule has 0 spiro atoms. The number of hydrogen-bond donors (Lipinski definition) is 0. The lowest BCUT2D eigenvalue weighted by Gasteiger charge is -2.13. The number of thiophene rings is 1. The van der Waals surface area contributed by atoms with Gasteiger partial charge in [-0.25, -0.2) is 24.9 Å². The quantitative estimate of drug-likeness (QED) is 0.144. The van der Waals surface area contributed by atoms with Crippen molar-refractivity contribution in [2.45, 2.75) is 6.04 Å². The van der Waals surface area contributed by atoms with E-state index in [-0.39, 0.29) is 6.04 Å². The lowest BCUT2D eigenvalue weighted by atomic mass is 9.93.